The topological polar surface area (TPSA) is 38.9 Å². The van der Waals surface area contributed by atoms with Crippen LogP contribution >= 0.6 is 0 Å². The number of anilines is 1. The molecule has 1 heterocycles. The number of nitrogens with two attached hydrogens (primary N) is 1. The van der Waals surface area contributed by atoms with Gasteiger partial charge in [0.2, 0.25) is 0 Å². The average molecular weight is 206 g/mol. The third kappa shape index (κ3) is 1.93. The normalized spacial score (nSPS) is 10.3. The van der Waals surface area contributed by atoms with Gasteiger partial charge in [-0.25, -0.2) is 13.8 Å². The van der Waals surface area contributed by atoms with Crippen LogP contribution in [-0.4, -0.2) is 4.98 Å². The quantitative estimate of drug-likeness (QED) is 0.778. The molecule has 0 radical (unpaired) electrons. The predicted molar refractivity (Wildman–Crippen MR) is 54.0 cm³/mol. The van der Waals surface area contributed by atoms with Gasteiger partial charge in [0.25, 0.3) is 0 Å². The van der Waals surface area contributed by atoms with Gasteiger partial charge < -0.3 is 5.73 Å². The highest BCUT2D eigenvalue weighted by Crippen LogP contribution is 2.22. The number of benzene rings is 1. The Morgan fingerprint density at radius 2 is 1.87 bits per heavy atom. The smallest absolute Gasteiger partial charge is 0.133 e. The van der Waals surface area contributed by atoms with Crippen LogP contribution in [0.3, 0.4) is 0 Å². The molecule has 0 atom stereocenters. The Morgan fingerprint density at radius 1 is 1.07 bits per heavy atom. The third-order valence-corrected chi connectivity index (χ3v) is 2.03. The molecule has 0 spiro atoms. The van der Waals surface area contributed by atoms with E-state index in [4.69, 9.17) is 5.73 Å². The number of hydrogen-bond donors (Lipinski definition) is 1. The van der Waals surface area contributed by atoms with E-state index in [0.717, 1.165) is 6.07 Å². The maximum atomic E-state index is 13.3. The number of nitrogen functional groups attached to an aromatic ring is 1. The van der Waals surface area contributed by atoms with E-state index in [1.54, 1.807) is 12.1 Å². The molecule has 2 rings (SSSR count). The maximum Gasteiger partial charge on any atom is 0.133 e. The summed E-state index contributed by atoms with van der Waals surface area (Å²) in [7, 11) is 0. The largest absolute Gasteiger partial charge is 0.384 e. The summed E-state index contributed by atoms with van der Waals surface area (Å²) in [6, 6.07) is 6.62. The molecule has 1 aromatic heterocycles. The van der Waals surface area contributed by atoms with E-state index in [0.29, 0.717) is 16.9 Å². The summed E-state index contributed by atoms with van der Waals surface area (Å²) in [5.74, 6) is -0.845. The fraction of sp³-hybridized carbons (Fsp3) is 0. The summed E-state index contributed by atoms with van der Waals surface area (Å²) in [5, 5.41) is 0. The monoisotopic (exact) mass is 206 g/mol. The molecule has 0 fully saturated rings. The van der Waals surface area contributed by atoms with E-state index >= 15 is 0 Å². The summed E-state index contributed by atoms with van der Waals surface area (Å²) in [6.07, 6.45) is 1.45. The first-order valence-corrected chi connectivity index (χ1v) is 4.34. The molecule has 0 unspecified atom stereocenters. The maximum absolute atomic E-state index is 13.3. The molecule has 2 N–H and O–H groups in total. The fourth-order valence-electron chi connectivity index (χ4n) is 1.29. The Morgan fingerprint density at radius 3 is 2.47 bits per heavy atom. The molecule has 0 amide bonds. The summed E-state index contributed by atoms with van der Waals surface area (Å²) >= 11 is 0. The lowest BCUT2D eigenvalue weighted by Crippen LogP contribution is -1.91. The Kier molecular flexibility index (Phi) is 2.33. The second-order valence-electron chi connectivity index (χ2n) is 3.10. The first kappa shape index (κ1) is 9.58. The first-order valence-electron chi connectivity index (χ1n) is 4.34. The van der Waals surface area contributed by atoms with Gasteiger partial charge in [-0.15, -0.1) is 0 Å². The summed E-state index contributed by atoms with van der Waals surface area (Å²) in [6.45, 7) is 0. The van der Waals surface area contributed by atoms with Gasteiger partial charge in [-0.05, 0) is 24.3 Å². The molecule has 1 aromatic carbocycles. The number of rotatable bonds is 1. The predicted octanol–water partition coefficient (Wildman–Crippen LogP) is 2.61. The van der Waals surface area contributed by atoms with E-state index in [2.05, 4.69) is 4.98 Å². The van der Waals surface area contributed by atoms with Crippen molar-refractivity contribution in [3.05, 3.63) is 48.2 Å². The van der Waals surface area contributed by atoms with Crippen molar-refractivity contribution < 1.29 is 8.78 Å². The van der Waals surface area contributed by atoms with E-state index in [-0.39, 0.29) is 0 Å². The highest BCUT2D eigenvalue weighted by atomic mass is 19.1. The Bertz CT molecular complexity index is 480. The van der Waals surface area contributed by atoms with Gasteiger partial charge >= 0.3 is 0 Å². The van der Waals surface area contributed by atoms with Gasteiger partial charge in [-0.3, -0.25) is 0 Å². The van der Waals surface area contributed by atoms with Crippen LogP contribution in [0.25, 0.3) is 11.1 Å². The minimum absolute atomic E-state index is 0.309. The zero-order valence-electron chi connectivity index (χ0n) is 7.74. The number of pyridine rings is 1. The zero-order valence-corrected chi connectivity index (χ0v) is 7.74. The number of aromatic nitrogens is 1. The zero-order chi connectivity index (χ0) is 10.8. The second kappa shape index (κ2) is 3.65. The average Bonchev–Trinajstić information content (AvgIpc) is 2.20. The third-order valence-electron chi connectivity index (χ3n) is 2.03. The van der Waals surface area contributed by atoms with Crippen molar-refractivity contribution in [1.29, 1.82) is 0 Å². The van der Waals surface area contributed by atoms with Crippen molar-refractivity contribution in [3.8, 4) is 11.1 Å². The molecule has 0 saturated heterocycles. The fourth-order valence-corrected chi connectivity index (χ4v) is 1.29. The minimum atomic E-state index is -0.610. The lowest BCUT2D eigenvalue weighted by molar-refractivity contribution is 0.585. The van der Waals surface area contributed by atoms with Gasteiger partial charge in [-0.2, -0.15) is 0 Å². The number of halogens is 2. The van der Waals surface area contributed by atoms with Gasteiger partial charge in [-0.1, -0.05) is 0 Å². The molecule has 2 nitrogen and oxygen atoms in total. The van der Waals surface area contributed by atoms with Gasteiger partial charge in [0.05, 0.1) is 0 Å². The Hall–Kier alpha value is -1.97. The molecule has 0 saturated carbocycles. The molecular formula is C11H8F2N2. The van der Waals surface area contributed by atoms with Crippen molar-refractivity contribution in [2.45, 2.75) is 0 Å². The molecule has 0 aliphatic carbocycles. The van der Waals surface area contributed by atoms with Crippen LogP contribution in [0.15, 0.2) is 36.5 Å². The molecule has 4 heteroatoms. The molecular weight excluding hydrogens is 198 g/mol. The van der Waals surface area contributed by atoms with Crippen molar-refractivity contribution in [3.63, 3.8) is 0 Å². The molecule has 0 aliphatic rings. The number of nitrogens with zero attached hydrogens (tertiary/aromatic N) is 1. The van der Waals surface area contributed by atoms with Crippen molar-refractivity contribution in [1.82, 2.24) is 4.98 Å². The first-order chi connectivity index (χ1) is 7.16. The SMILES string of the molecule is Nc1ccc(-c2ccc(F)cc2F)cn1. The van der Waals surface area contributed by atoms with Crippen LogP contribution in [0.2, 0.25) is 0 Å². The standard InChI is InChI=1S/C11H8F2N2/c12-8-2-3-9(10(13)5-8)7-1-4-11(14)15-6-7/h1-6H,(H2,14,15). The summed E-state index contributed by atoms with van der Waals surface area (Å²) in [5.41, 5.74) is 6.28. The van der Waals surface area contributed by atoms with Gasteiger partial charge in [0, 0.05) is 23.4 Å². The molecule has 15 heavy (non-hydrogen) atoms. The molecule has 2 aromatic rings. The Balaban J connectivity index is 2.49. The molecule has 0 bridgehead atoms. The van der Waals surface area contributed by atoms with E-state index in [9.17, 15) is 8.78 Å². The van der Waals surface area contributed by atoms with E-state index in [1.807, 2.05) is 0 Å². The summed E-state index contributed by atoms with van der Waals surface area (Å²) < 4.78 is 26.0. The van der Waals surface area contributed by atoms with Crippen molar-refractivity contribution in [2.75, 3.05) is 5.73 Å². The van der Waals surface area contributed by atoms with Crippen molar-refractivity contribution in [2.24, 2.45) is 0 Å². The summed E-state index contributed by atoms with van der Waals surface area (Å²) in [4.78, 5) is 3.84. The van der Waals surface area contributed by atoms with Crippen LogP contribution in [0.5, 0.6) is 0 Å². The van der Waals surface area contributed by atoms with Gasteiger partial charge in [0.1, 0.15) is 17.5 Å². The number of hydrogen-bond acceptors (Lipinski definition) is 2. The van der Waals surface area contributed by atoms with Gasteiger partial charge in [0.15, 0.2) is 0 Å². The van der Waals surface area contributed by atoms with Crippen LogP contribution < -0.4 is 5.73 Å². The van der Waals surface area contributed by atoms with E-state index in [1.165, 1.54) is 18.3 Å². The Labute approximate surface area is 85.4 Å². The van der Waals surface area contributed by atoms with Crippen LogP contribution in [0, 0.1) is 11.6 Å². The van der Waals surface area contributed by atoms with Crippen LogP contribution in [0.4, 0.5) is 14.6 Å². The second-order valence-corrected chi connectivity index (χ2v) is 3.10. The lowest BCUT2D eigenvalue weighted by atomic mass is 10.1. The van der Waals surface area contributed by atoms with Crippen LogP contribution in [0.1, 0.15) is 0 Å². The van der Waals surface area contributed by atoms with Crippen LogP contribution in [-0.2, 0) is 0 Å². The highest BCUT2D eigenvalue weighted by molar-refractivity contribution is 5.64. The van der Waals surface area contributed by atoms with Crippen molar-refractivity contribution >= 4 is 5.82 Å². The minimum Gasteiger partial charge on any atom is -0.384 e. The lowest BCUT2D eigenvalue weighted by Gasteiger charge is -2.03. The highest BCUT2D eigenvalue weighted by Gasteiger charge is 2.06. The molecule has 0 aliphatic heterocycles. The van der Waals surface area contributed by atoms with E-state index < -0.39 is 11.6 Å². The molecule has 76 valence electrons.